The number of nitrogens with zero attached hydrogens (tertiary/aromatic N) is 1. The van der Waals surface area contributed by atoms with E-state index in [4.69, 9.17) is 21.4 Å². The molecule has 6 heteroatoms. The van der Waals surface area contributed by atoms with Crippen LogP contribution in [-0.2, 0) is 0 Å². The maximum absolute atomic E-state index is 11.0. The Hall–Kier alpha value is -1.59. The second-order valence-electron chi connectivity index (χ2n) is 3.33. The molecule has 0 spiro atoms. The molecule has 0 radical (unpaired) electrons. The molecule has 0 fully saturated rings. The van der Waals surface area contributed by atoms with Gasteiger partial charge in [0.25, 0.3) is 0 Å². The van der Waals surface area contributed by atoms with E-state index in [1.54, 1.807) is 24.3 Å². The largest absolute Gasteiger partial charge is 0.476 e. The summed E-state index contributed by atoms with van der Waals surface area (Å²) < 4.78 is 6.27. The third-order valence-corrected chi connectivity index (χ3v) is 2.88. The molecule has 18 heavy (non-hydrogen) atoms. The molecule has 1 N–H and O–H groups in total. The Morgan fingerprint density at radius 2 is 2.11 bits per heavy atom. The molecule has 4 nitrogen and oxygen atoms in total. The van der Waals surface area contributed by atoms with Crippen molar-refractivity contribution in [2.45, 2.75) is 0 Å². The summed E-state index contributed by atoms with van der Waals surface area (Å²) >= 11 is 9.26. The Morgan fingerprint density at radius 3 is 2.78 bits per heavy atom. The van der Waals surface area contributed by atoms with Gasteiger partial charge < -0.3 is 9.84 Å². The molecule has 0 aliphatic rings. The number of carboxylic acids is 1. The number of aromatic nitrogens is 1. The topological polar surface area (TPSA) is 59.4 Å². The van der Waals surface area contributed by atoms with E-state index in [1.807, 2.05) is 0 Å². The molecule has 0 amide bonds. The van der Waals surface area contributed by atoms with Crippen LogP contribution in [0.4, 0.5) is 0 Å². The Labute approximate surface area is 116 Å². The molecule has 2 rings (SSSR count). The van der Waals surface area contributed by atoms with Crippen LogP contribution in [0.3, 0.4) is 0 Å². The van der Waals surface area contributed by atoms with Gasteiger partial charge in [-0.3, -0.25) is 0 Å². The first-order valence-electron chi connectivity index (χ1n) is 4.89. The Kier molecular flexibility index (Phi) is 3.84. The smallest absolute Gasteiger partial charge is 0.358 e. The molecule has 0 saturated carbocycles. The number of hydrogen-bond acceptors (Lipinski definition) is 3. The molecular formula is C12H7BrClNO3. The normalized spacial score (nSPS) is 10.1. The van der Waals surface area contributed by atoms with Crippen molar-refractivity contribution in [2.75, 3.05) is 0 Å². The summed E-state index contributed by atoms with van der Waals surface area (Å²) in [5.41, 5.74) is -0.156. The van der Waals surface area contributed by atoms with E-state index in [0.717, 1.165) is 4.47 Å². The first kappa shape index (κ1) is 12.9. The molecule has 0 atom stereocenters. The van der Waals surface area contributed by atoms with Crippen molar-refractivity contribution in [2.24, 2.45) is 0 Å². The van der Waals surface area contributed by atoms with Crippen LogP contribution < -0.4 is 4.74 Å². The zero-order chi connectivity index (χ0) is 13.1. The third-order valence-electron chi connectivity index (χ3n) is 2.09. The van der Waals surface area contributed by atoms with Crippen LogP contribution in [0, 0.1) is 0 Å². The van der Waals surface area contributed by atoms with Crippen molar-refractivity contribution in [1.29, 1.82) is 0 Å². The fourth-order valence-corrected chi connectivity index (χ4v) is 2.02. The fraction of sp³-hybridized carbons (Fsp3) is 0. The van der Waals surface area contributed by atoms with Crippen molar-refractivity contribution in [3.8, 4) is 11.5 Å². The van der Waals surface area contributed by atoms with Crippen molar-refractivity contribution in [1.82, 2.24) is 4.98 Å². The minimum atomic E-state index is -1.15. The van der Waals surface area contributed by atoms with Gasteiger partial charge in [0, 0.05) is 10.7 Å². The van der Waals surface area contributed by atoms with Gasteiger partial charge in [-0.1, -0.05) is 27.5 Å². The van der Waals surface area contributed by atoms with E-state index in [1.165, 1.54) is 12.3 Å². The Bertz CT molecular complexity index is 604. The highest BCUT2D eigenvalue weighted by atomic mass is 79.9. The highest BCUT2D eigenvalue weighted by Crippen LogP contribution is 2.32. The van der Waals surface area contributed by atoms with Crippen molar-refractivity contribution in [3.63, 3.8) is 0 Å². The Balaban J connectivity index is 2.37. The molecular weight excluding hydrogens is 321 g/mol. The number of benzene rings is 1. The summed E-state index contributed by atoms with van der Waals surface area (Å²) in [6.45, 7) is 0. The lowest BCUT2D eigenvalue weighted by molar-refractivity contribution is 0.0687. The molecule has 0 unspecified atom stereocenters. The first-order valence-corrected chi connectivity index (χ1v) is 6.06. The van der Waals surface area contributed by atoms with Crippen molar-refractivity contribution in [3.05, 3.63) is 51.7 Å². The fourth-order valence-electron chi connectivity index (χ4n) is 1.31. The SMILES string of the molecule is O=C(O)c1ncccc1Oc1ccc(Br)cc1Cl. The molecule has 1 aromatic carbocycles. The van der Waals surface area contributed by atoms with Crippen LogP contribution in [0.5, 0.6) is 11.5 Å². The van der Waals surface area contributed by atoms with Gasteiger partial charge in [0.1, 0.15) is 5.75 Å². The number of rotatable bonds is 3. The number of ether oxygens (including phenoxy) is 1. The zero-order valence-corrected chi connectivity index (χ0v) is 11.3. The van der Waals surface area contributed by atoms with E-state index < -0.39 is 5.97 Å². The van der Waals surface area contributed by atoms with Gasteiger partial charge in [-0.05, 0) is 30.3 Å². The van der Waals surface area contributed by atoms with E-state index >= 15 is 0 Å². The maximum Gasteiger partial charge on any atom is 0.358 e. The molecule has 0 saturated heterocycles. The summed E-state index contributed by atoms with van der Waals surface area (Å²) in [4.78, 5) is 14.7. The average molecular weight is 329 g/mol. The van der Waals surface area contributed by atoms with Crippen molar-refractivity contribution >= 4 is 33.5 Å². The van der Waals surface area contributed by atoms with Gasteiger partial charge in [-0.2, -0.15) is 0 Å². The van der Waals surface area contributed by atoms with Crippen LogP contribution >= 0.6 is 27.5 Å². The van der Waals surface area contributed by atoms with Gasteiger partial charge in [-0.25, -0.2) is 9.78 Å². The second kappa shape index (κ2) is 5.37. The molecule has 0 aliphatic carbocycles. The summed E-state index contributed by atoms with van der Waals surface area (Å²) in [6, 6.07) is 8.17. The lowest BCUT2D eigenvalue weighted by atomic mass is 10.3. The molecule has 0 bridgehead atoms. The van der Waals surface area contributed by atoms with Gasteiger partial charge in [-0.15, -0.1) is 0 Å². The second-order valence-corrected chi connectivity index (χ2v) is 4.65. The molecule has 92 valence electrons. The number of halogens is 2. The highest BCUT2D eigenvalue weighted by molar-refractivity contribution is 9.10. The highest BCUT2D eigenvalue weighted by Gasteiger charge is 2.14. The summed E-state index contributed by atoms with van der Waals surface area (Å²) in [6.07, 6.45) is 1.39. The third kappa shape index (κ3) is 2.80. The molecule has 0 aliphatic heterocycles. The van der Waals surface area contributed by atoms with Crippen LogP contribution in [0.1, 0.15) is 10.5 Å². The summed E-state index contributed by atoms with van der Waals surface area (Å²) in [7, 11) is 0. The predicted molar refractivity (Wildman–Crippen MR) is 70.4 cm³/mol. The van der Waals surface area contributed by atoms with E-state index in [2.05, 4.69) is 20.9 Å². The number of pyridine rings is 1. The summed E-state index contributed by atoms with van der Waals surface area (Å²) in [5, 5.41) is 9.35. The van der Waals surface area contributed by atoms with Crippen molar-refractivity contribution < 1.29 is 14.6 Å². The van der Waals surface area contributed by atoms with Crippen LogP contribution in [0.25, 0.3) is 0 Å². The maximum atomic E-state index is 11.0. The quantitative estimate of drug-likeness (QED) is 0.925. The monoisotopic (exact) mass is 327 g/mol. The van der Waals surface area contributed by atoms with E-state index in [-0.39, 0.29) is 11.4 Å². The van der Waals surface area contributed by atoms with Gasteiger partial charge in [0.05, 0.1) is 5.02 Å². The lowest BCUT2D eigenvalue weighted by Gasteiger charge is -2.09. The average Bonchev–Trinajstić information content (AvgIpc) is 2.33. The number of carbonyl (C=O) groups is 1. The van der Waals surface area contributed by atoms with E-state index in [0.29, 0.717) is 10.8 Å². The molecule has 1 heterocycles. The number of hydrogen-bond donors (Lipinski definition) is 1. The number of carboxylic acid groups (broad SMARTS) is 1. The van der Waals surface area contributed by atoms with E-state index in [9.17, 15) is 4.79 Å². The molecule has 2 aromatic rings. The van der Waals surface area contributed by atoms with Crippen LogP contribution in [-0.4, -0.2) is 16.1 Å². The standard InChI is InChI=1S/C12H7BrClNO3/c13-7-3-4-9(8(14)6-7)18-10-2-1-5-15-11(10)12(16)17/h1-6H,(H,16,17). The summed E-state index contributed by atoms with van der Waals surface area (Å²) in [5.74, 6) is -0.636. The molecule has 1 aromatic heterocycles. The minimum absolute atomic E-state index is 0.147. The Morgan fingerprint density at radius 1 is 1.33 bits per heavy atom. The zero-order valence-electron chi connectivity index (χ0n) is 8.93. The lowest BCUT2D eigenvalue weighted by Crippen LogP contribution is -2.02. The van der Waals surface area contributed by atoms with Crippen LogP contribution in [0.2, 0.25) is 5.02 Å². The van der Waals surface area contributed by atoms with Crippen LogP contribution in [0.15, 0.2) is 41.0 Å². The first-order chi connectivity index (χ1) is 8.58. The number of aromatic carboxylic acids is 1. The van der Waals surface area contributed by atoms with Gasteiger partial charge >= 0.3 is 5.97 Å². The predicted octanol–water partition coefficient (Wildman–Crippen LogP) is 3.99. The van der Waals surface area contributed by atoms with Gasteiger partial charge in [0.2, 0.25) is 0 Å². The van der Waals surface area contributed by atoms with Gasteiger partial charge in [0.15, 0.2) is 11.4 Å². The minimum Gasteiger partial charge on any atom is -0.476 e.